The molecule has 0 amide bonds. The maximum Gasteiger partial charge on any atom is 0.0918 e. The molecule has 0 radical (unpaired) electrons. The first-order valence-corrected chi connectivity index (χ1v) is 5.65. The number of nitrogens with zero attached hydrogens (tertiary/aromatic N) is 1. The SMILES string of the molecule is CCCC(C)CN(CC)CCC(=N)N. The molecule has 0 aromatic rings. The van der Waals surface area contributed by atoms with Gasteiger partial charge >= 0.3 is 0 Å². The second kappa shape index (κ2) is 7.80. The monoisotopic (exact) mass is 199 g/mol. The fourth-order valence-electron chi connectivity index (χ4n) is 1.68. The first-order chi connectivity index (χ1) is 6.60. The molecule has 0 saturated carbocycles. The Hall–Kier alpha value is -0.570. The molecule has 3 N–H and O–H groups in total. The molecule has 0 saturated heterocycles. The number of nitrogens with one attached hydrogen (secondary N) is 1. The molecule has 0 rings (SSSR count). The van der Waals surface area contributed by atoms with Crippen molar-refractivity contribution in [1.29, 1.82) is 5.41 Å². The Morgan fingerprint density at radius 3 is 2.50 bits per heavy atom. The Morgan fingerprint density at radius 1 is 1.43 bits per heavy atom. The van der Waals surface area contributed by atoms with Gasteiger partial charge in [-0.25, -0.2) is 0 Å². The van der Waals surface area contributed by atoms with Crippen LogP contribution in [0.4, 0.5) is 0 Å². The average molecular weight is 199 g/mol. The summed E-state index contributed by atoms with van der Waals surface area (Å²) in [6.07, 6.45) is 3.24. The van der Waals surface area contributed by atoms with Crippen LogP contribution in [0.15, 0.2) is 0 Å². The standard InChI is InChI=1S/C11H25N3/c1-4-6-10(3)9-14(5-2)8-7-11(12)13/h10H,4-9H2,1-3H3,(H3,12,13). The molecule has 14 heavy (non-hydrogen) atoms. The van der Waals surface area contributed by atoms with Crippen molar-refractivity contribution in [2.75, 3.05) is 19.6 Å². The van der Waals surface area contributed by atoms with Crippen molar-refractivity contribution in [2.45, 2.75) is 40.0 Å². The summed E-state index contributed by atoms with van der Waals surface area (Å²) in [6.45, 7) is 9.81. The first-order valence-electron chi connectivity index (χ1n) is 5.65. The lowest BCUT2D eigenvalue weighted by atomic mass is 10.1. The van der Waals surface area contributed by atoms with E-state index in [9.17, 15) is 0 Å². The smallest absolute Gasteiger partial charge is 0.0918 e. The van der Waals surface area contributed by atoms with E-state index in [1.54, 1.807) is 0 Å². The second-order valence-corrected chi connectivity index (χ2v) is 4.06. The highest BCUT2D eigenvalue weighted by atomic mass is 15.1. The van der Waals surface area contributed by atoms with E-state index in [2.05, 4.69) is 25.7 Å². The number of hydrogen-bond donors (Lipinski definition) is 2. The van der Waals surface area contributed by atoms with Gasteiger partial charge < -0.3 is 10.6 Å². The maximum atomic E-state index is 7.18. The minimum absolute atomic E-state index is 0.298. The van der Waals surface area contributed by atoms with Gasteiger partial charge in [-0.05, 0) is 18.9 Å². The van der Waals surface area contributed by atoms with E-state index in [4.69, 9.17) is 11.1 Å². The highest BCUT2D eigenvalue weighted by Crippen LogP contribution is 2.07. The third-order valence-corrected chi connectivity index (χ3v) is 2.50. The summed E-state index contributed by atoms with van der Waals surface area (Å²) in [6, 6.07) is 0. The molecule has 3 nitrogen and oxygen atoms in total. The lowest BCUT2D eigenvalue weighted by Crippen LogP contribution is -2.31. The van der Waals surface area contributed by atoms with Crippen LogP contribution in [-0.4, -0.2) is 30.4 Å². The molecule has 84 valence electrons. The van der Waals surface area contributed by atoms with Gasteiger partial charge in [0.2, 0.25) is 0 Å². The van der Waals surface area contributed by atoms with Crippen LogP contribution in [0.1, 0.15) is 40.0 Å². The number of nitrogens with two attached hydrogens (primary N) is 1. The van der Waals surface area contributed by atoms with Gasteiger partial charge in [0.1, 0.15) is 0 Å². The van der Waals surface area contributed by atoms with Gasteiger partial charge in [-0.2, -0.15) is 0 Å². The fourth-order valence-corrected chi connectivity index (χ4v) is 1.68. The van der Waals surface area contributed by atoms with Crippen molar-refractivity contribution >= 4 is 5.84 Å². The molecule has 0 aromatic carbocycles. The van der Waals surface area contributed by atoms with Crippen molar-refractivity contribution in [3.63, 3.8) is 0 Å². The molecule has 0 heterocycles. The zero-order valence-electron chi connectivity index (χ0n) is 9.84. The Balaban J connectivity index is 3.71. The summed E-state index contributed by atoms with van der Waals surface area (Å²) in [5.41, 5.74) is 5.34. The Bertz CT molecular complexity index is 157. The molecule has 0 fully saturated rings. The summed E-state index contributed by atoms with van der Waals surface area (Å²) in [5.74, 6) is 1.05. The molecular weight excluding hydrogens is 174 g/mol. The Labute approximate surface area is 88.2 Å². The third kappa shape index (κ3) is 6.89. The first kappa shape index (κ1) is 13.4. The van der Waals surface area contributed by atoms with E-state index in [0.29, 0.717) is 12.3 Å². The summed E-state index contributed by atoms with van der Waals surface area (Å²) in [4.78, 5) is 2.38. The predicted molar refractivity (Wildman–Crippen MR) is 62.7 cm³/mol. The van der Waals surface area contributed by atoms with Gasteiger partial charge in [-0.15, -0.1) is 0 Å². The normalized spacial score (nSPS) is 13.1. The van der Waals surface area contributed by atoms with Crippen molar-refractivity contribution < 1.29 is 0 Å². The van der Waals surface area contributed by atoms with Gasteiger partial charge in [0.05, 0.1) is 5.84 Å². The quantitative estimate of drug-likeness (QED) is 0.464. The van der Waals surface area contributed by atoms with Gasteiger partial charge in [0.15, 0.2) is 0 Å². The van der Waals surface area contributed by atoms with Crippen molar-refractivity contribution in [3.05, 3.63) is 0 Å². The van der Waals surface area contributed by atoms with Gasteiger partial charge in [0, 0.05) is 19.5 Å². The molecule has 0 aromatic heterocycles. The summed E-state index contributed by atoms with van der Waals surface area (Å²) < 4.78 is 0. The van der Waals surface area contributed by atoms with E-state index in [-0.39, 0.29) is 0 Å². The van der Waals surface area contributed by atoms with Crippen LogP contribution in [0, 0.1) is 11.3 Å². The highest BCUT2D eigenvalue weighted by Gasteiger charge is 2.07. The van der Waals surface area contributed by atoms with Crippen molar-refractivity contribution in [3.8, 4) is 0 Å². The largest absolute Gasteiger partial charge is 0.388 e. The van der Waals surface area contributed by atoms with Gasteiger partial charge in [0.25, 0.3) is 0 Å². The van der Waals surface area contributed by atoms with Crippen LogP contribution in [0.25, 0.3) is 0 Å². The third-order valence-electron chi connectivity index (χ3n) is 2.50. The zero-order valence-corrected chi connectivity index (χ0v) is 9.84. The minimum Gasteiger partial charge on any atom is -0.388 e. The highest BCUT2D eigenvalue weighted by molar-refractivity contribution is 5.76. The van der Waals surface area contributed by atoms with E-state index in [0.717, 1.165) is 25.6 Å². The zero-order chi connectivity index (χ0) is 11.0. The predicted octanol–water partition coefficient (Wildman–Crippen LogP) is 2.07. The van der Waals surface area contributed by atoms with Gasteiger partial charge in [-0.3, -0.25) is 5.41 Å². The summed E-state index contributed by atoms with van der Waals surface area (Å²) in [5, 5.41) is 7.18. The van der Waals surface area contributed by atoms with E-state index in [1.807, 2.05) is 0 Å². The fraction of sp³-hybridized carbons (Fsp3) is 0.909. The molecule has 0 aliphatic carbocycles. The molecule has 0 spiro atoms. The van der Waals surface area contributed by atoms with E-state index < -0.39 is 0 Å². The molecule has 1 unspecified atom stereocenters. The van der Waals surface area contributed by atoms with E-state index in [1.165, 1.54) is 12.8 Å². The second-order valence-electron chi connectivity index (χ2n) is 4.06. The summed E-state index contributed by atoms with van der Waals surface area (Å²) >= 11 is 0. The Kier molecular flexibility index (Phi) is 7.48. The topological polar surface area (TPSA) is 53.1 Å². The number of hydrogen-bond acceptors (Lipinski definition) is 2. The lowest BCUT2D eigenvalue weighted by molar-refractivity contribution is 0.248. The summed E-state index contributed by atoms with van der Waals surface area (Å²) in [7, 11) is 0. The molecule has 0 bridgehead atoms. The van der Waals surface area contributed by atoms with Crippen molar-refractivity contribution in [1.82, 2.24) is 4.90 Å². The van der Waals surface area contributed by atoms with Crippen LogP contribution >= 0.6 is 0 Å². The molecular formula is C11H25N3. The lowest BCUT2D eigenvalue weighted by Gasteiger charge is -2.23. The van der Waals surface area contributed by atoms with Crippen LogP contribution < -0.4 is 5.73 Å². The molecule has 0 aliphatic rings. The maximum absolute atomic E-state index is 7.18. The Morgan fingerprint density at radius 2 is 2.07 bits per heavy atom. The van der Waals surface area contributed by atoms with Gasteiger partial charge in [-0.1, -0.05) is 27.2 Å². The van der Waals surface area contributed by atoms with Crippen molar-refractivity contribution in [2.24, 2.45) is 11.7 Å². The number of amidine groups is 1. The van der Waals surface area contributed by atoms with Crippen LogP contribution in [-0.2, 0) is 0 Å². The van der Waals surface area contributed by atoms with Crippen LogP contribution in [0.5, 0.6) is 0 Å². The minimum atomic E-state index is 0.298. The van der Waals surface area contributed by atoms with Crippen LogP contribution in [0.3, 0.4) is 0 Å². The molecule has 0 aliphatic heterocycles. The number of rotatable bonds is 8. The molecule has 1 atom stereocenters. The van der Waals surface area contributed by atoms with Crippen LogP contribution in [0.2, 0.25) is 0 Å². The average Bonchev–Trinajstić information content (AvgIpc) is 2.12. The van der Waals surface area contributed by atoms with E-state index >= 15 is 0 Å². The molecule has 3 heteroatoms.